The van der Waals surface area contributed by atoms with Crippen molar-refractivity contribution in [3.63, 3.8) is 0 Å². The molecule has 0 radical (unpaired) electrons. The monoisotopic (exact) mass is 264 g/mol. The summed E-state index contributed by atoms with van der Waals surface area (Å²) in [5, 5.41) is 3.57. The summed E-state index contributed by atoms with van der Waals surface area (Å²) in [7, 11) is 0. The zero-order valence-electron chi connectivity index (χ0n) is 9.69. The molecule has 1 aliphatic rings. The molecule has 3 N–H and O–H groups in total. The normalized spacial score (nSPS) is 19.4. The van der Waals surface area contributed by atoms with Crippen LogP contribution in [0, 0.1) is 0 Å². The summed E-state index contributed by atoms with van der Waals surface area (Å²) in [4.78, 5) is 15.5. The Morgan fingerprint density at radius 2 is 2.39 bits per heavy atom. The van der Waals surface area contributed by atoms with Crippen LogP contribution in [0.2, 0.25) is 5.02 Å². The summed E-state index contributed by atoms with van der Waals surface area (Å²) in [6, 6.07) is 5.64. The molecule has 1 aromatic heterocycles. The Labute approximate surface area is 109 Å². The van der Waals surface area contributed by atoms with Crippen molar-refractivity contribution in [2.45, 2.75) is 25.4 Å². The molecule has 5 nitrogen and oxygen atoms in total. The van der Waals surface area contributed by atoms with Crippen molar-refractivity contribution in [2.75, 3.05) is 5.73 Å². The van der Waals surface area contributed by atoms with Crippen molar-refractivity contribution in [1.82, 2.24) is 14.9 Å². The number of benzene rings is 1. The molecule has 6 heteroatoms. The first-order valence-corrected chi connectivity index (χ1v) is 6.22. The van der Waals surface area contributed by atoms with Gasteiger partial charge in [0.1, 0.15) is 0 Å². The summed E-state index contributed by atoms with van der Waals surface area (Å²) >= 11 is 5.92. The number of hydrogen-bond donors (Lipinski definition) is 2. The third-order valence-electron chi connectivity index (χ3n) is 3.23. The minimum absolute atomic E-state index is 0.103. The van der Waals surface area contributed by atoms with E-state index in [1.54, 1.807) is 6.07 Å². The van der Waals surface area contributed by atoms with Crippen molar-refractivity contribution in [3.8, 4) is 0 Å². The number of carbonyl (C=O) groups is 1. The number of hydrogen-bond acceptors (Lipinski definition) is 3. The Morgan fingerprint density at radius 3 is 3.11 bits per heavy atom. The van der Waals surface area contributed by atoms with E-state index < -0.39 is 0 Å². The lowest BCUT2D eigenvalue weighted by Crippen LogP contribution is -2.29. The minimum Gasteiger partial charge on any atom is -0.369 e. The standard InChI is InChI=1S/C12H13ClN4O/c13-7-1-3-10-9(5-7)16-12(14)17(10)6-8-2-4-11(18)15-8/h1,3,5,8H,2,4,6H2,(H2,14,16)(H,15,18). The molecule has 1 amide bonds. The van der Waals surface area contributed by atoms with E-state index in [4.69, 9.17) is 17.3 Å². The van der Waals surface area contributed by atoms with Crippen molar-refractivity contribution in [1.29, 1.82) is 0 Å². The molecule has 2 aromatic rings. The van der Waals surface area contributed by atoms with Crippen molar-refractivity contribution < 1.29 is 4.79 Å². The number of fused-ring (bicyclic) bond motifs is 1. The summed E-state index contributed by atoms with van der Waals surface area (Å²) in [6.07, 6.45) is 1.43. The first-order valence-electron chi connectivity index (χ1n) is 5.84. The van der Waals surface area contributed by atoms with Crippen LogP contribution in [0.5, 0.6) is 0 Å². The molecule has 94 valence electrons. The smallest absolute Gasteiger partial charge is 0.220 e. The Kier molecular flexibility index (Phi) is 2.63. The van der Waals surface area contributed by atoms with Gasteiger partial charge >= 0.3 is 0 Å². The number of anilines is 1. The maximum absolute atomic E-state index is 11.2. The quantitative estimate of drug-likeness (QED) is 0.864. The molecular formula is C12H13ClN4O. The van der Waals surface area contributed by atoms with E-state index in [-0.39, 0.29) is 11.9 Å². The minimum atomic E-state index is 0.103. The highest BCUT2D eigenvalue weighted by atomic mass is 35.5. The number of rotatable bonds is 2. The van der Waals surface area contributed by atoms with Gasteiger partial charge in [0, 0.05) is 24.0 Å². The molecule has 0 aliphatic carbocycles. The van der Waals surface area contributed by atoms with E-state index in [0.29, 0.717) is 23.9 Å². The third-order valence-corrected chi connectivity index (χ3v) is 3.46. The highest BCUT2D eigenvalue weighted by molar-refractivity contribution is 6.31. The van der Waals surface area contributed by atoms with Crippen LogP contribution >= 0.6 is 11.6 Å². The Balaban J connectivity index is 1.96. The predicted octanol–water partition coefficient (Wildman–Crippen LogP) is 1.55. The van der Waals surface area contributed by atoms with Gasteiger partial charge in [0.15, 0.2) is 0 Å². The van der Waals surface area contributed by atoms with E-state index in [1.807, 2.05) is 16.7 Å². The number of carbonyl (C=O) groups excluding carboxylic acids is 1. The molecule has 1 fully saturated rings. The second-order valence-electron chi connectivity index (χ2n) is 4.52. The zero-order chi connectivity index (χ0) is 12.7. The van der Waals surface area contributed by atoms with Gasteiger partial charge in [-0.2, -0.15) is 0 Å². The van der Waals surface area contributed by atoms with Gasteiger partial charge in [0.25, 0.3) is 0 Å². The van der Waals surface area contributed by atoms with Gasteiger partial charge in [0.05, 0.1) is 11.0 Å². The van der Waals surface area contributed by atoms with Gasteiger partial charge in [-0.25, -0.2) is 4.98 Å². The third kappa shape index (κ3) is 1.90. The molecule has 3 rings (SSSR count). The number of aromatic nitrogens is 2. The van der Waals surface area contributed by atoms with Crippen LogP contribution < -0.4 is 11.1 Å². The Morgan fingerprint density at radius 1 is 1.56 bits per heavy atom. The summed E-state index contributed by atoms with van der Waals surface area (Å²) in [5.41, 5.74) is 7.64. The maximum atomic E-state index is 11.2. The average molecular weight is 265 g/mol. The summed E-state index contributed by atoms with van der Waals surface area (Å²) < 4.78 is 1.92. The fourth-order valence-corrected chi connectivity index (χ4v) is 2.51. The Hall–Kier alpha value is -1.75. The second-order valence-corrected chi connectivity index (χ2v) is 4.95. The molecule has 0 spiro atoms. The number of nitrogen functional groups attached to an aromatic ring is 1. The van der Waals surface area contributed by atoms with Crippen molar-refractivity contribution in [3.05, 3.63) is 23.2 Å². The number of amides is 1. The van der Waals surface area contributed by atoms with Gasteiger partial charge in [-0.15, -0.1) is 0 Å². The van der Waals surface area contributed by atoms with E-state index in [2.05, 4.69) is 10.3 Å². The average Bonchev–Trinajstić information content (AvgIpc) is 2.84. The SMILES string of the molecule is Nc1nc2cc(Cl)ccc2n1CC1CCC(=O)N1. The van der Waals surface area contributed by atoms with Crippen LogP contribution in [0.15, 0.2) is 18.2 Å². The van der Waals surface area contributed by atoms with Crippen LogP contribution in [-0.4, -0.2) is 21.5 Å². The topological polar surface area (TPSA) is 72.9 Å². The molecule has 2 heterocycles. The molecule has 0 bridgehead atoms. The summed E-state index contributed by atoms with van der Waals surface area (Å²) in [5.74, 6) is 0.555. The van der Waals surface area contributed by atoms with Crippen LogP contribution in [0.4, 0.5) is 5.95 Å². The molecule has 1 unspecified atom stereocenters. The van der Waals surface area contributed by atoms with Gasteiger partial charge in [-0.05, 0) is 24.6 Å². The van der Waals surface area contributed by atoms with E-state index in [0.717, 1.165) is 17.5 Å². The fourth-order valence-electron chi connectivity index (χ4n) is 2.35. The van der Waals surface area contributed by atoms with Gasteiger partial charge in [0.2, 0.25) is 11.9 Å². The molecule has 1 aromatic carbocycles. The van der Waals surface area contributed by atoms with Gasteiger partial charge in [-0.3, -0.25) is 4.79 Å². The lowest BCUT2D eigenvalue weighted by molar-refractivity contribution is -0.119. The summed E-state index contributed by atoms with van der Waals surface area (Å²) in [6.45, 7) is 0.649. The Bertz CT molecular complexity index is 622. The number of halogens is 1. The molecule has 0 saturated carbocycles. The molecule has 1 aliphatic heterocycles. The van der Waals surface area contributed by atoms with Crippen LogP contribution in [-0.2, 0) is 11.3 Å². The first-order chi connectivity index (χ1) is 8.63. The lowest BCUT2D eigenvalue weighted by atomic mass is 10.2. The van der Waals surface area contributed by atoms with E-state index in [1.165, 1.54) is 0 Å². The van der Waals surface area contributed by atoms with Crippen molar-refractivity contribution in [2.24, 2.45) is 0 Å². The largest absolute Gasteiger partial charge is 0.369 e. The first kappa shape index (κ1) is 11.3. The lowest BCUT2D eigenvalue weighted by Gasteiger charge is -2.12. The maximum Gasteiger partial charge on any atom is 0.220 e. The highest BCUT2D eigenvalue weighted by Crippen LogP contribution is 2.23. The van der Waals surface area contributed by atoms with Crippen LogP contribution in [0.25, 0.3) is 11.0 Å². The second kappa shape index (κ2) is 4.17. The zero-order valence-corrected chi connectivity index (χ0v) is 10.4. The number of imidazole rings is 1. The van der Waals surface area contributed by atoms with E-state index in [9.17, 15) is 4.79 Å². The van der Waals surface area contributed by atoms with E-state index >= 15 is 0 Å². The molecule has 18 heavy (non-hydrogen) atoms. The predicted molar refractivity (Wildman–Crippen MR) is 70.3 cm³/mol. The van der Waals surface area contributed by atoms with Gasteiger partial charge < -0.3 is 15.6 Å². The molecular weight excluding hydrogens is 252 g/mol. The number of nitrogens with one attached hydrogen (secondary N) is 1. The molecule has 1 atom stereocenters. The van der Waals surface area contributed by atoms with Crippen LogP contribution in [0.3, 0.4) is 0 Å². The molecule has 1 saturated heterocycles. The number of nitrogens with two attached hydrogens (primary N) is 1. The highest BCUT2D eigenvalue weighted by Gasteiger charge is 2.22. The van der Waals surface area contributed by atoms with Crippen LogP contribution in [0.1, 0.15) is 12.8 Å². The fraction of sp³-hybridized carbons (Fsp3) is 0.333. The van der Waals surface area contributed by atoms with Crippen molar-refractivity contribution >= 4 is 34.5 Å². The number of nitrogens with zero attached hydrogens (tertiary/aromatic N) is 2. The van der Waals surface area contributed by atoms with Gasteiger partial charge in [-0.1, -0.05) is 11.6 Å².